The van der Waals surface area contributed by atoms with E-state index in [4.69, 9.17) is 10.7 Å². The number of rotatable bonds is 2. The van der Waals surface area contributed by atoms with Crippen LogP contribution < -0.4 is 0 Å². The van der Waals surface area contributed by atoms with Crippen LogP contribution in [0.5, 0.6) is 0 Å². The van der Waals surface area contributed by atoms with Gasteiger partial charge in [-0.25, -0.2) is 8.42 Å². The van der Waals surface area contributed by atoms with Crippen molar-refractivity contribution in [3.05, 3.63) is 40.1 Å². The zero-order valence-electron chi connectivity index (χ0n) is 9.40. The molecule has 90 valence electrons. The first-order valence-electron chi connectivity index (χ1n) is 5.01. The summed E-state index contributed by atoms with van der Waals surface area (Å²) in [5, 5.41) is 0. The van der Waals surface area contributed by atoms with Crippen LogP contribution in [0.4, 0.5) is 0 Å². The molecule has 0 saturated carbocycles. The monoisotopic (exact) mass is 286 g/mol. The van der Waals surface area contributed by atoms with Gasteiger partial charge in [-0.15, -0.1) is 11.3 Å². The Morgan fingerprint density at radius 1 is 1.06 bits per heavy atom. The summed E-state index contributed by atoms with van der Waals surface area (Å²) in [4.78, 5) is 1.94. The largest absolute Gasteiger partial charge is 0.263 e. The zero-order chi connectivity index (χ0) is 12.6. The Morgan fingerprint density at radius 3 is 2.18 bits per heavy atom. The van der Waals surface area contributed by atoms with E-state index < -0.39 is 9.05 Å². The molecule has 0 N–H and O–H groups in total. The van der Waals surface area contributed by atoms with Crippen LogP contribution in [0.25, 0.3) is 11.1 Å². The zero-order valence-corrected chi connectivity index (χ0v) is 11.8. The number of halogens is 1. The molecule has 0 fully saturated rings. The van der Waals surface area contributed by atoms with E-state index in [1.54, 1.807) is 6.92 Å². The van der Waals surface area contributed by atoms with E-state index in [0.717, 1.165) is 20.9 Å². The highest BCUT2D eigenvalue weighted by Crippen LogP contribution is 2.40. The summed E-state index contributed by atoms with van der Waals surface area (Å²) in [5.74, 6) is 0. The summed E-state index contributed by atoms with van der Waals surface area (Å²) in [6.07, 6.45) is 0. The van der Waals surface area contributed by atoms with Crippen LogP contribution in [0.2, 0.25) is 0 Å². The normalized spacial score (nSPS) is 11.7. The van der Waals surface area contributed by atoms with E-state index >= 15 is 0 Å². The van der Waals surface area contributed by atoms with E-state index in [0.29, 0.717) is 0 Å². The first-order chi connectivity index (χ1) is 7.91. The second-order valence-electron chi connectivity index (χ2n) is 3.72. The summed E-state index contributed by atoms with van der Waals surface area (Å²) in [6.45, 7) is 3.69. The standard InChI is InChI=1S/C12H11ClO2S2/c1-8-11(10-6-4-3-5-7-10)12(9(2)16-8)17(13,14)15/h3-7H,1-2H3. The van der Waals surface area contributed by atoms with E-state index in [1.807, 2.05) is 37.3 Å². The average Bonchev–Trinajstić information content (AvgIpc) is 2.54. The minimum Gasteiger partial charge on any atom is -0.207 e. The molecule has 0 aliphatic rings. The minimum atomic E-state index is -3.71. The van der Waals surface area contributed by atoms with Crippen molar-refractivity contribution >= 4 is 31.1 Å². The van der Waals surface area contributed by atoms with E-state index in [9.17, 15) is 8.42 Å². The molecule has 0 radical (unpaired) electrons. The van der Waals surface area contributed by atoms with Gasteiger partial charge in [-0.3, -0.25) is 0 Å². The predicted octanol–water partition coefficient (Wildman–Crippen LogP) is 3.96. The topological polar surface area (TPSA) is 34.1 Å². The fourth-order valence-electron chi connectivity index (χ4n) is 1.90. The summed E-state index contributed by atoms with van der Waals surface area (Å²) < 4.78 is 23.3. The molecule has 0 saturated heterocycles. The number of hydrogen-bond acceptors (Lipinski definition) is 3. The number of benzene rings is 1. The third kappa shape index (κ3) is 2.39. The second-order valence-corrected chi connectivity index (χ2v) is 7.65. The summed E-state index contributed by atoms with van der Waals surface area (Å²) in [6, 6.07) is 9.44. The fraction of sp³-hybridized carbons (Fsp3) is 0.167. The molecule has 5 heteroatoms. The van der Waals surface area contributed by atoms with Crippen LogP contribution in [-0.2, 0) is 9.05 Å². The van der Waals surface area contributed by atoms with Crippen molar-refractivity contribution in [2.45, 2.75) is 18.7 Å². The molecule has 2 nitrogen and oxygen atoms in total. The Kier molecular flexibility index (Phi) is 3.30. The smallest absolute Gasteiger partial charge is 0.207 e. The van der Waals surface area contributed by atoms with Crippen molar-refractivity contribution < 1.29 is 8.42 Å². The molecule has 0 spiro atoms. The molecule has 1 aromatic heterocycles. The highest BCUT2D eigenvalue weighted by Gasteiger charge is 2.24. The lowest BCUT2D eigenvalue weighted by molar-refractivity contribution is 0.609. The molecule has 0 aliphatic carbocycles. The molecule has 0 unspecified atom stereocenters. The molecule has 0 aliphatic heterocycles. The van der Waals surface area contributed by atoms with Gasteiger partial charge in [-0.1, -0.05) is 30.3 Å². The van der Waals surface area contributed by atoms with Gasteiger partial charge in [-0.2, -0.15) is 0 Å². The summed E-state index contributed by atoms with van der Waals surface area (Å²) in [7, 11) is 1.80. The van der Waals surface area contributed by atoms with Crippen molar-refractivity contribution in [1.29, 1.82) is 0 Å². The lowest BCUT2D eigenvalue weighted by atomic mass is 10.1. The predicted molar refractivity (Wildman–Crippen MR) is 72.3 cm³/mol. The lowest BCUT2D eigenvalue weighted by Crippen LogP contribution is -1.94. The Hall–Kier alpha value is -0.840. The Labute approximate surface area is 109 Å². The van der Waals surface area contributed by atoms with Crippen LogP contribution in [0.3, 0.4) is 0 Å². The van der Waals surface area contributed by atoms with Crippen molar-refractivity contribution in [2.24, 2.45) is 0 Å². The Bertz CT molecular complexity index is 643. The maximum atomic E-state index is 11.6. The SMILES string of the molecule is Cc1sc(C)c(S(=O)(=O)Cl)c1-c1ccccc1. The van der Waals surface area contributed by atoms with Gasteiger partial charge in [-0.05, 0) is 19.4 Å². The van der Waals surface area contributed by atoms with Crippen molar-refractivity contribution in [3.63, 3.8) is 0 Å². The van der Waals surface area contributed by atoms with Gasteiger partial charge >= 0.3 is 0 Å². The lowest BCUT2D eigenvalue weighted by Gasteiger charge is -2.04. The van der Waals surface area contributed by atoms with Gasteiger partial charge in [0, 0.05) is 26.0 Å². The quantitative estimate of drug-likeness (QED) is 0.783. The van der Waals surface area contributed by atoms with Gasteiger partial charge in [0.05, 0.1) is 0 Å². The molecule has 0 atom stereocenters. The van der Waals surface area contributed by atoms with Gasteiger partial charge in [0.25, 0.3) is 9.05 Å². The maximum absolute atomic E-state index is 11.6. The highest BCUT2D eigenvalue weighted by atomic mass is 35.7. The number of thiophene rings is 1. The van der Waals surface area contributed by atoms with Crippen molar-refractivity contribution in [3.8, 4) is 11.1 Å². The van der Waals surface area contributed by atoms with Gasteiger partial charge in [0.2, 0.25) is 0 Å². The number of hydrogen-bond donors (Lipinski definition) is 0. The molecule has 17 heavy (non-hydrogen) atoms. The molecule has 0 bridgehead atoms. The van der Waals surface area contributed by atoms with Gasteiger partial charge < -0.3 is 0 Å². The van der Waals surface area contributed by atoms with Crippen LogP contribution in [0, 0.1) is 13.8 Å². The third-order valence-electron chi connectivity index (χ3n) is 2.51. The van der Waals surface area contributed by atoms with Crippen LogP contribution in [0.15, 0.2) is 35.2 Å². The number of aryl methyl sites for hydroxylation is 2. The molecule has 1 heterocycles. The molecule has 1 aromatic carbocycles. The summed E-state index contributed by atoms with van der Waals surface area (Å²) in [5.41, 5.74) is 1.61. The Balaban J connectivity index is 2.79. The highest BCUT2D eigenvalue weighted by molar-refractivity contribution is 8.14. The molecule has 0 amide bonds. The molecular formula is C12H11ClO2S2. The minimum absolute atomic E-state index is 0.243. The van der Waals surface area contributed by atoms with E-state index in [-0.39, 0.29) is 4.90 Å². The van der Waals surface area contributed by atoms with E-state index in [1.165, 1.54) is 11.3 Å². The third-order valence-corrected chi connectivity index (χ3v) is 5.12. The molecule has 2 rings (SSSR count). The van der Waals surface area contributed by atoms with Crippen LogP contribution in [-0.4, -0.2) is 8.42 Å². The van der Waals surface area contributed by atoms with Gasteiger partial charge in [0.1, 0.15) is 4.90 Å². The van der Waals surface area contributed by atoms with Crippen LogP contribution >= 0.6 is 22.0 Å². The first-order valence-corrected chi connectivity index (χ1v) is 8.14. The average molecular weight is 287 g/mol. The Morgan fingerprint density at radius 2 is 1.65 bits per heavy atom. The van der Waals surface area contributed by atoms with Crippen molar-refractivity contribution in [2.75, 3.05) is 0 Å². The van der Waals surface area contributed by atoms with Gasteiger partial charge in [0.15, 0.2) is 0 Å². The van der Waals surface area contributed by atoms with Crippen molar-refractivity contribution in [1.82, 2.24) is 0 Å². The second kappa shape index (κ2) is 4.44. The van der Waals surface area contributed by atoms with E-state index in [2.05, 4.69) is 0 Å². The first kappa shape index (κ1) is 12.6. The molecular weight excluding hydrogens is 276 g/mol. The van der Waals surface area contributed by atoms with Crippen LogP contribution in [0.1, 0.15) is 9.75 Å². The fourth-order valence-corrected chi connectivity index (χ4v) is 4.96. The maximum Gasteiger partial charge on any atom is 0.263 e. The summed E-state index contributed by atoms with van der Waals surface area (Å²) >= 11 is 1.45. The molecule has 2 aromatic rings.